The van der Waals surface area contributed by atoms with Crippen LogP contribution in [0.2, 0.25) is 0 Å². The molecule has 3 rings (SSSR count). The van der Waals surface area contributed by atoms with E-state index in [1.807, 2.05) is 30.8 Å². The Morgan fingerprint density at radius 3 is 2.56 bits per heavy atom. The number of fused-ring (bicyclic) bond motifs is 1. The van der Waals surface area contributed by atoms with Crippen LogP contribution in [0, 0.1) is 5.82 Å². The third-order valence-corrected chi connectivity index (χ3v) is 3.17. The lowest BCUT2D eigenvalue weighted by Gasteiger charge is -2.04. The topological polar surface area (TPSA) is 48.8 Å². The second kappa shape index (κ2) is 3.60. The van der Waals surface area contributed by atoms with Crippen LogP contribution in [-0.4, -0.2) is 14.3 Å². The molecule has 0 fully saturated rings. The van der Waals surface area contributed by atoms with Crippen molar-refractivity contribution in [1.29, 1.82) is 0 Å². The molecule has 2 aromatic heterocycles. The van der Waals surface area contributed by atoms with Crippen LogP contribution in [0.25, 0.3) is 22.3 Å². The minimum Gasteiger partial charge on any atom is -0.382 e. The average Bonchev–Trinajstić information content (AvgIpc) is 2.79. The van der Waals surface area contributed by atoms with E-state index in [4.69, 9.17) is 5.73 Å². The van der Waals surface area contributed by atoms with Crippen LogP contribution < -0.4 is 5.73 Å². The number of anilines is 1. The van der Waals surface area contributed by atoms with E-state index in [1.54, 1.807) is 10.7 Å². The Bertz CT molecular complexity index is 739. The number of nitrogens with zero attached hydrogens (tertiary/aromatic N) is 3. The molecule has 0 atom stereocenters. The van der Waals surface area contributed by atoms with Crippen molar-refractivity contribution in [2.45, 2.75) is 0 Å². The normalized spacial score (nSPS) is 11.3. The highest BCUT2D eigenvalue weighted by atomic mass is 19.1. The molecule has 2 N–H and O–H groups in total. The van der Waals surface area contributed by atoms with E-state index < -0.39 is 0 Å². The zero-order chi connectivity index (χ0) is 12.9. The first-order valence-corrected chi connectivity index (χ1v) is 5.61. The number of hydrogen-bond donors (Lipinski definition) is 1. The molecule has 18 heavy (non-hydrogen) atoms. The molecule has 3 aromatic rings. The van der Waals surface area contributed by atoms with Gasteiger partial charge in [-0.2, -0.15) is 5.10 Å². The van der Waals surface area contributed by atoms with Gasteiger partial charge >= 0.3 is 0 Å². The van der Waals surface area contributed by atoms with E-state index >= 15 is 0 Å². The molecule has 92 valence electrons. The van der Waals surface area contributed by atoms with Gasteiger partial charge in [0.1, 0.15) is 11.6 Å². The third-order valence-electron chi connectivity index (χ3n) is 3.17. The minimum atomic E-state index is -0.232. The predicted molar refractivity (Wildman–Crippen MR) is 69.5 cm³/mol. The molecular formula is C13H13FN4. The Morgan fingerprint density at radius 1 is 1.11 bits per heavy atom. The molecule has 0 saturated carbocycles. The molecule has 5 heteroatoms. The van der Waals surface area contributed by atoms with Crippen molar-refractivity contribution in [2.24, 2.45) is 14.1 Å². The molecule has 0 bridgehead atoms. The summed E-state index contributed by atoms with van der Waals surface area (Å²) >= 11 is 0. The van der Waals surface area contributed by atoms with Crippen molar-refractivity contribution in [3.05, 3.63) is 36.1 Å². The van der Waals surface area contributed by atoms with Gasteiger partial charge in [0.05, 0.1) is 11.4 Å². The molecule has 4 nitrogen and oxygen atoms in total. The number of hydrogen-bond acceptors (Lipinski definition) is 2. The van der Waals surface area contributed by atoms with Crippen LogP contribution in [-0.2, 0) is 14.1 Å². The Kier molecular flexibility index (Phi) is 2.16. The van der Waals surface area contributed by atoms with Gasteiger partial charge in [-0.05, 0) is 24.3 Å². The van der Waals surface area contributed by atoms with Crippen molar-refractivity contribution in [3.63, 3.8) is 0 Å². The minimum absolute atomic E-state index is 0.232. The molecule has 0 saturated heterocycles. The number of nitrogen functional groups attached to an aromatic ring is 1. The van der Waals surface area contributed by atoms with Crippen molar-refractivity contribution < 1.29 is 4.39 Å². The molecule has 0 spiro atoms. The van der Waals surface area contributed by atoms with Gasteiger partial charge < -0.3 is 10.3 Å². The maximum atomic E-state index is 13.2. The molecule has 0 aliphatic heterocycles. The summed E-state index contributed by atoms with van der Waals surface area (Å²) < 4.78 is 16.9. The summed E-state index contributed by atoms with van der Waals surface area (Å²) in [6.45, 7) is 0. The van der Waals surface area contributed by atoms with Gasteiger partial charge in [0.15, 0.2) is 0 Å². The van der Waals surface area contributed by atoms with E-state index in [2.05, 4.69) is 5.10 Å². The Hall–Kier alpha value is -2.30. The molecule has 0 aliphatic carbocycles. The molecule has 0 unspecified atom stereocenters. The van der Waals surface area contributed by atoms with E-state index in [9.17, 15) is 4.39 Å². The van der Waals surface area contributed by atoms with Gasteiger partial charge in [-0.3, -0.25) is 4.68 Å². The van der Waals surface area contributed by atoms with Crippen molar-refractivity contribution in [2.75, 3.05) is 5.73 Å². The lowest BCUT2D eigenvalue weighted by molar-refractivity contribution is 0.629. The van der Waals surface area contributed by atoms with E-state index in [-0.39, 0.29) is 5.82 Å². The van der Waals surface area contributed by atoms with Crippen LogP contribution in [0.4, 0.5) is 10.2 Å². The van der Waals surface area contributed by atoms with E-state index in [1.165, 1.54) is 12.1 Å². The van der Waals surface area contributed by atoms with Gasteiger partial charge in [-0.15, -0.1) is 0 Å². The van der Waals surface area contributed by atoms with Crippen LogP contribution in [0.1, 0.15) is 0 Å². The van der Waals surface area contributed by atoms with Crippen molar-refractivity contribution in [3.8, 4) is 11.4 Å². The Balaban J connectivity index is 2.30. The Labute approximate surface area is 103 Å². The average molecular weight is 244 g/mol. The molecule has 0 amide bonds. The van der Waals surface area contributed by atoms with Gasteiger partial charge in [0, 0.05) is 31.1 Å². The van der Waals surface area contributed by atoms with E-state index in [0.29, 0.717) is 5.82 Å². The lowest BCUT2D eigenvalue weighted by Crippen LogP contribution is -1.98. The van der Waals surface area contributed by atoms with Crippen molar-refractivity contribution in [1.82, 2.24) is 14.3 Å². The number of benzene rings is 1. The summed E-state index contributed by atoms with van der Waals surface area (Å²) in [4.78, 5) is 0. The number of rotatable bonds is 1. The number of aryl methyl sites for hydroxylation is 2. The highest BCUT2D eigenvalue weighted by molar-refractivity contribution is 5.86. The second-order valence-electron chi connectivity index (χ2n) is 4.37. The fourth-order valence-electron chi connectivity index (χ4n) is 2.30. The number of aromatic nitrogens is 3. The smallest absolute Gasteiger partial charge is 0.146 e. The van der Waals surface area contributed by atoms with Crippen molar-refractivity contribution >= 4 is 16.7 Å². The summed E-state index contributed by atoms with van der Waals surface area (Å²) in [6.07, 6.45) is 0. The zero-order valence-corrected chi connectivity index (χ0v) is 10.2. The first-order valence-electron chi connectivity index (χ1n) is 5.61. The largest absolute Gasteiger partial charge is 0.382 e. The predicted octanol–water partition coefficient (Wildman–Crippen LogP) is 2.30. The first kappa shape index (κ1) is 10.8. The number of halogens is 1. The standard InChI is InChI=1S/C13H13FN4/c1-17-10-4-3-9(14)5-8(10)6-11(17)12-7-13(15)16-18(12)2/h3-7H,1-2H3,(H2,15,16). The highest BCUT2D eigenvalue weighted by Crippen LogP contribution is 2.28. The summed E-state index contributed by atoms with van der Waals surface area (Å²) in [7, 11) is 3.78. The zero-order valence-electron chi connectivity index (χ0n) is 10.2. The summed E-state index contributed by atoms with van der Waals surface area (Å²) in [6, 6.07) is 8.51. The van der Waals surface area contributed by atoms with Gasteiger partial charge in [0.25, 0.3) is 0 Å². The van der Waals surface area contributed by atoms with Gasteiger partial charge in [-0.25, -0.2) is 4.39 Å². The summed E-state index contributed by atoms with van der Waals surface area (Å²) in [5, 5.41) is 4.99. The molecule has 0 radical (unpaired) electrons. The monoisotopic (exact) mass is 244 g/mol. The van der Waals surface area contributed by atoms with Crippen LogP contribution in [0.3, 0.4) is 0 Å². The fraction of sp³-hybridized carbons (Fsp3) is 0.154. The van der Waals surface area contributed by atoms with Gasteiger partial charge in [-0.1, -0.05) is 0 Å². The highest BCUT2D eigenvalue weighted by Gasteiger charge is 2.12. The van der Waals surface area contributed by atoms with E-state index in [0.717, 1.165) is 22.3 Å². The summed E-state index contributed by atoms with van der Waals surface area (Å²) in [5.74, 6) is 0.244. The Morgan fingerprint density at radius 2 is 1.89 bits per heavy atom. The van der Waals surface area contributed by atoms with Crippen LogP contribution in [0.15, 0.2) is 30.3 Å². The van der Waals surface area contributed by atoms with Gasteiger partial charge in [0.2, 0.25) is 0 Å². The van der Waals surface area contributed by atoms with Crippen LogP contribution in [0.5, 0.6) is 0 Å². The first-order chi connectivity index (χ1) is 8.56. The maximum absolute atomic E-state index is 13.2. The quantitative estimate of drug-likeness (QED) is 0.714. The third kappa shape index (κ3) is 1.48. The molecule has 1 aromatic carbocycles. The number of nitrogens with two attached hydrogens (primary N) is 1. The SMILES string of the molecule is Cn1nc(N)cc1-c1cc2cc(F)ccc2n1C. The second-order valence-corrected chi connectivity index (χ2v) is 4.37. The van der Waals surface area contributed by atoms with Crippen LogP contribution >= 0.6 is 0 Å². The fourth-order valence-corrected chi connectivity index (χ4v) is 2.30. The lowest BCUT2D eigenvalue weighted by atomic mass is 10.2. The molecular weight excluding hydrogens is 231 g/mol. The summed E-state index contributed by atoms with van der Waals surface area (Å²) in [5.41, 5.74) is 8.53. The molecule has 2 heterocycles. The molecule has 0 aliphatic rings. The maximum Gasteiger partial charge on any atom is 0.146 e.